The van der Waals surface area contributed by atoms with E-state index in [0.717, 1.165) is 11.3 Å². The standard InChI is InChI=1S/C12H16N2O2S3/c1-2-9-3-5-18-11(9)8-14-19(15,16)12-4-6-17-10(12)7-13/h3-6,14H,2,7-8,13H2,1H3. The normalized spacial score (nSPS) is 11.9. The molecule has 2 heterocycles. The monoisotopic (exact) mass is 316 g/mol. The van der Waals surface area contributed by atoms with E-state index < -0.39 is 10.0 Å². The fourth-order valence-electron chi connectivity index (χ4n) is 1.79. The van der Waals surface area contributed by atoms with Crippen molar-refractivity contribution in [3.63, 3.8) is 0 Å². The van der Waals surface area contributed by atoms with Crippen molar-refractivity contribution >= 4 is 32.7 Å². The van der Waals surface area contributed by atoms with E-state index >= 15 is 0 Å². The van der Waals surface area contributed by atoms with Crippen molar-refractivity contribution in [2.24, 2.45) is 5.73 Å². The zero-order chi connectivity index (χ0) is 13.9. The molecule has 0 amide bonds. The van der Waals surface area contributed by atoms with Gasteiger partial charge in [-0.05, 0) is 34.9 Å². The summed E-state index contributed by atoms with van der Waals surface area (Å²) >= 11 is 2.94. The molecule has 0 aromatic carbocycles. The Morgan fingerprint density at radius 3 is 2.58 bits per heavy atom. The van der Waals surface area contributed by atoms with E-state index in [4.69, 9.17) is 5.73 Å². The number of hydrogen-bond acceptors (Lipinski definition) is 5. The van der Waals surface area contributed by atoms with Crippen molar-refractivity contribution < 1.29 is 8.42 Å². The second-order valence-corrected chi connectivity index (χ2v) is 7.70. The highest BCUT2D eigenvalue weighted by molar-refractivity contribution is 7.89. The maximum absolute atomic E-state index is 12.2. The summed E-state index contributed by atoms with van der Waals surface area (Å²) in [5.74, 6) is 0. The highest BCUT2D eigenvalue weighted by atomic mass is 32.2. The van der Waals surface area contributed by atoms with Crippen molar-refractivity contribution in [1.29, 1.82) is 0 Å². The number of rotatable bonds is 6. The first-order chi connectivity index (χ1) is 9.08. The zero-order valence-electron chi connectivity index (χ0n) is 10.5. The van der Waals surface area contributed by atoms with Crippen LogP contribution in [0.1, 0.15) is 22.2 Å². The largest absolute Gasteiger partial charge is 0.326 e. The Balaban J connectivity index is 2.14. The Morgan fingerprint density at radius 1 is 1.21 bits per heavy atom. The fraction of sp³-hybridized carbons (Fsp3) is 0.333. The Hall–Kier alpha value is -0.730. The second kappa shape index (κ2) is 6.15. The molecule has 0 atom stereocenters. The minimum Gasteiger partial charge on any atom is -0.326 e. The van der Waals surface area contributed by atoms with Crippen LogP contribution in [0.15, 0.2) is 27.8 Å². The molecule has 0 aliphatic rings. The van der Waals surface area contributed by atoms with E-state index in [2.05, 4.69) is 11.6 Å². The van der Waals surface area contributed by atoms with Gasteiger partial charge in [-0.15, -0.1) is 22.7 Å². The SMILES string of the molecule is CCc1ccsc1CNS(=O)(=O)c1ccsc1CN. The summed E-state index contributed by atoms with van der Waals surface area (Å²) < 4.78 is 27.1. The number of sulfonamides is 1. The molecule has 0 spiro atoms. The lowest BCUT2D eigenvalue weighted by molar-refractivity contribution is 0.581. The molecule has 2 aromatic rings. The van der Waals surface area contributed by atoms with Gasteiger partial charge >= 0.3 is 0 Å². The second-order valence-electron chi connectivity index (χ2n) is 3.96. The first-order valence-electron chi connectivity index (χ1n) is 5.89. The van der Waals surface area contributed by atoms with Gasteiger partial charge in [-0.25, -0.2) is 13.1 Å². The van der Waals surface area contributed by atoms with Gasteiger partial charge in [0.25, 0.3) is 0 Å². The third-order valence-corrected chi connectivity index (χ3v) is 6.34. The molecule has 0 aliphatic carbocycles. The lowest BCUT2D eigenvalue weighted by Crippen LogP contribution is -2.24. The summed E-state index contributed by atoms with van der Waals surface area (Å²) in [4.78, 5) is 2.06. The Bertz CT molecular complexity index is 643. The van der Waals surface area contributed by atoms with Gasteiger partial charge in [-0.2, -0.15) is 0 Å². The highest BCUT2D eigenvalue weighted by Gasteiger charge is 2.19. The maximum Gasteiger partial charge on any atom is 0.242 e. The van der Waals surface area contributed by atoms with Gasteiger partial charge in [0.05, 0.1) is 4.90 Å². The number of nitrogens with two attached hydrogens (primary N) is 1. The fourth-order valence-corrected chi connectivity index (χ4v) is 5.13. The summed E-state index contributed by atoms with van der Waals surface area (Å²) in [6.45, 7) is 2.64. The van der Waals surface area contributed by atoms with Gasteiger partial charge in [0.2, 0.25) is 10.0 Å². The van der Waals surface area contributed by atoms with Crippen molar-refractivity contribution in [3.05, 3.63) is 38.2 Å². The summed E-state index contributed by atoms with van der Waals surface area (Å²) in [6.07, 6.45) is 0.910. The Labute approximate surface area is 121 Å². The highest BCUT2D eigenvalue weighted by Crippen LogP contribution is 2.22. The Morgan fingerprint density at radius 2 is 1.89 bits per heavy atom. The molecule has 0 radical (unpaired) electrons. The molecule has 19 heavy (non-hydrogen) atoms. The third-order valence-electron chi connectivity index (χ3n) is 2.82. The van der Waals surface area contributed by atoms with E-state index in [1.807, 2.05) is 11.4 Å². The van der Waals surface area contributed by atoms with Gasteiger partial charge in [-0.1, -0.05) is 6.92 Å². The van der Waals surface area contributed by atoms with Crippen LogP contribution in [0.4, 0.5) is 0 Å². The van der Waals surface area contributed by atoms with Crippen LogP contribution in [-0.2, 0) is 29.5 Å². The van der Waals surface area contributed by atoms with Crippen molar-refractivity contribution in [2.75, 3.05) is 0 Å². The number of thiophene rings is 2. The van der Waals surface area contributed by atoms with E-state index in [9.17, 15) is 8.42 Å². The van der Waals surface area contributed by atoms with Gasteiger partial charge in [0, 0.05) is 22.8 Å². The molecule has 0 bridgehead atoms. The van der Waals surface area contributed by atoms with Crippen LogP contribution in [0, 0.1) is 0 Å². The minimum atomic E-state index is -3.47. The minimum absolute atomic E-state index is 0.243. The van der Waals surface area contributed by atoms with Gasteiger partial charge in [-0.3, -0.25) is 0 Å². The first kappa shape index (κ1) is 14.7. The lowest BCUT2D eigenvalue weighted by Gasteiger charge is -2.07. The molecule has 2 rings (SSSR count). The molecule has 0 aliphatic heterocycles. The Kier molecular flexibility index (Phi) is 4.75. The topological polar surface area (TPSA) is 72.2 Å². The van der Waals surface area contributed by atoms with Crippen LogP contribution < -0.4 is 10.5 Å². The van der Waals surface area contributed by atoms with Crippen molar-refractivity contribution in [2.45, 2.75) is 31.3 Å². The van der Waals surface area contributed by atoms with Crippen molar-refractivity contribution in [3.8, 4) is 0 Å². The van der Waals surface area contributed by atoms with Gasteiger partial charge in [0.15, 0.2) is 0 Å². The predicted molar refractivity (Wildman–Crippen MR) is 79.9 cm³/mol. The van der Waals surface area contributed by atoms with Crippen LogP contribution in [-0.4, -0.2) is 8.42 Å². The van der Waals surface area contributed by atoms with Crippen molar-refractivity contribution in [1.82, 2.24) is 4.72 Å². The number of hydrogen-bond donors (Lipinski definition) is 2. The number of aryl methyl sites for hydroxylation is 1. The van der Waals surface area contributed by atoms with Crippen LogP contribution in [0.3, 0.4) is 0 Å². The van der Waals surface area contributed by atoms with E-state index in [1.54, 1.807) is 22.8 Å². The molecule has 3 N–H and O–H groups in total. The molecular formula is C12H16N2O2S3. The zero-order valence-corrected chi connectivity index (χ0v) is 13.0. The molecule has 104 valence electrons. The van der Waals surface area contributed by atoms with Gasteiger partial charge < -0.3 is 5.73 Å². The van der Waals surface area contributed by atoms with Crippen LogP contribution in [0.25, 0.3) is 0 Å². The lowest BCUT2D eigenvalue weighted by atomic mass is 10.2. The maximum atomic E-state index is 12.2. The molecule has 4 nitrogen and oxygen atoms in total. The summed E-state index contributed by atoms with van der Waals surface area (Å²) in [7, 11) is -3.47. The van der Waals surface area contributed by atoms with Crippen LogP contribution >= 0.6 is 22.7 Å². The smallest absolute Gasteiger partial charge is 0.242 e. The molecule has 0 fully saturated rings. The van der Waals surface area contributed by atoms with Crippen LogP contribution in [0.2, 0.25) is 0 Å². The van der Waals surface area contributed by atoms with Crippen LogP contribution in [0.5, 0.6) is 0 Å². The molecule has 0 saturated carbocycles. The van der Waals surface area contributed by atoms with E-state index in [0.29, 0.717) is 16.3 Å². The summed E-state index contributed by atoms with van der Waals surface area (Å²) in [5.41, 5.74) is 6.74. The molecule has 0 saturated heterocycles. The molecular weight excluding hydrogens is 300 g/mol. The summed E-state index contributed by atoms with van der Waals surface area (Å²) in [5, 5.41) is 3.73. The van der Waals surface area contributed by atoms with E-state index in [1.165, 1.54) is 16.9 Å². The molecule has 2 aromatic heterocycles. The van der Waals surface area contributed by atoms with Gasteiger partial charge in [0.1, 0.15) is 0 Å². The predicted octanol–water partition coefficient (Wildman–Crippen LogP) is 2.31. The average molecular weight is 316 g/mol. The summed E-state index contributed by atoms with van der Waals surface area (Å²) in [6, 6.07) is 3.63. The molecule has 7 heteroatoms. The first-order valence-corrected chi connectivity index (χ1v) is 9.14. The third kappa shape index (κ3) is 3.24. The number of nitrogens with one attached hydrogen (secondary N) is 1. The molecule has 0 unspecified atom stereocenters. The average Bonchev–Trinajstić information content (AvgIpc) is 3.04. The van der Waals surface area contributed by atoms with E-state index in [-0.39, 0.29) is 6.54 Å². The quantitative estimate of drug-likeness (QED) is 0.859.